The quantitative estimate of drug-likeness (QED) is 0.843. The highest BCUT2D eigenvalue weighted by Gasteiger charge is 2.36. The Hall–Kier alpha value is -1.12. The van der Waals surface area contributed by atoms with Crippen molar-refractivity contribution in [3.05, 3.63) is 17.0 Å². The van der Waals surface area contributed by atoms with E-state index in [1.54, 1.807) is 11.8 Å². The lowest BCUT2D eigenvalue weighted by Crippen LogP contribution is -2.50. The van der Waals surface area contributed by atoms with Gasteiger partial charge in [-0.2, -0.15) is 13.2 Å². The van der Waals surface area contributed by atoms with Gasteiger partial charge in [0.25, 0.3) is 0 Å². The number of aliphatic hydroxyl groups is 1. The van der Waals surface area contributed by atoms with Gasteiger partial charge < -0.3 is 14.7 Å². The molecule has 1 aromatic heterocycles. The van der Waals surface area contributed by atoms with Crippen LogP contribution in [0.5, 0.6) is 0 Å². The molecule has 1 aliphatic heterocycles. The summed E-state index contributed by atoms with van der Waals surface area (Å²) in [6.45, 7) is 2.10. The molecule has 0 spiro atoms. The zero-order valence-electron chi connectivity index (χ0n) is 10.6. The van der Waals surface area contributed by atoms with E-state index in [4.69, 9.17) is 21.4 Å². The Morgan fingerprint density at radius 1 is 1.50 bits per heavy atom. The summed E-state index contributed by atoms with van der Waals surface area (Å²) < 4.78 is 43.4. The lowest BCUT2D eigenvalue weighted by molar-refractivity contribution is -0.144. The van der Waals surface area contributed by atoms with E-state index in [2.05, 4.69) is 9.97 Å². The minimum atomic E-state index is -4.66. The van der Waals surface area contributed by atoms with Crippen LogP contribution in [0.1, 0.15) is 12.7 Å². The van der Waals surface area contributed by atoms with Crippen LogP contribution in [0.15, 0.2) is 6.07 Å². The maximum atomic E-state index is 12.7. The van der Waals surface area contributed by atoms with Crippen molar-refractivity contribution < 1.29 is 23.0 Å². The second-order valence-corrected chi connectivity index (χ2v) is 4.90. The first-order chi connectivity index (χ1) is 9.31. The van der Waals surface area contributed by atoms with Crippen molar-refractivity contribution in [2.75, 3.05) is 24.7 Å². The number of hydrogen-bond acceptors (Lipinski definition) is 5. The van der Waals surface area contributed by atoms with Crippen molar-refractivity contribution in [2.24, 2.45) is 0 Å². The average Bonchev–Trinajstić information content (AvgIpc) is 2.37. The SMILES string of the molecule is CC1COC(CO)CN1c1cc(Cl)nc(C(F)(F)F)n1. The molecule has 2 unspecified atom stereocenters. The smallest absolute Gasteiger partial charge is 0.394 e. The van der Waals surface area contributed by atoms with Crippen LogP contribution in [-0.4, -0.2) is 47.0 Å². The molecule has 1 fully saturated rings. The van der Waals surface area contributed by atoms with Gasteiger partial charge in [0.15, 0.2) is 0 Å². The van der Waals surface area contributed by atoms with E-state index in [9.17, 15) is 13.2 Å². The molecule has 1 aromatic rings. The van der Waals surface area contributed by atoms with Crippen LogP contribution >= 0.6 is 11.6 Å². The van der Waals surface area contributed by atoms with E-state index >= 15 is 0 Å². The van der Waals surface area contributed by atoms with Crippen molar-refractivity contribution in [2.45, 2.75) is 25.2 Å². The Morgan fingerprint density at radius 2 is 2.20 bits per heavy atom. The monoisotopic (exact) mass is 311 g/mol. The average molecular weight is 312 g/mol. The van der Waals surface area contributed by atoms with E-state index in [1.807, 2.05) is 0 Å². The van der Waals surface area contributed by atoms with Crippen molar-refractivity contribution in [1.29, 1.82) is 0 Å². The second kappa shape index (κ2) is 5.71. The van der Waals surface area contributed by atoms with Gasteiger partial charge in [0.2, 0.25) is 5.82 Å². The van der Waals surface area contributed by atoms with Gasteiger partial charge in [0, 0.05) is 12.6 Å². The maximum absolute atomic E-state index is 12.7. The Balaban J connectivity index is 2.33. The van der Waals surface area contributed by atoms with Gasteiger partial charge in [-0.15, -0.1) is 0 Å². The number of hydrogen-bond donors (Lipinski definition) is 1. The third kappa shape index (κ3) is 3.31. The van der Waals surface area contributed by atoms with Gasteiger partial charge in [-0.05, 0) is 6.92 Å². The summed E-state index contributed by atoms with van der Waals surface area (Å²) in [5.74, 6) is -1.20. The number of rotatable bonds is 2. The molecule has 0 saturated carbocycles. The van der Waals surface area contributed by atoms with Crippen LogP contribution in [0.25, 0.3) is 0 Å². The molecule has 112 valence electrons. The molecule has 2 heterocycles. The largest absolute Gasteiger partial charge is 0.451 e. The number of halogens is 4. The van der Waals surface area contributed by atoms with E-state index < -0.39 is 18.1 Å². The molecule has 1 aliphatic rings. The fourth-order valence-corrected chi connectivity index (χ4v) is 2.10. The fourth-order valence-electron chi connectivity index (χ4n) is 1.93. The van der Waals surface area contributed by atoms with E-state index in [0.29, 0.717) is 0 Å². The van der Waals surface area contributed by atoms with Crippen LogP contribution in [0, 0.1) is 0 Å². The number of aromatic nitrogens is 2. The highest BCUT2D eigenvalue weighted by Crippen LogP contribution is 2.30. The summed E-state index contributed by atoms with van der Waals surface area (Å²) in [7, 11) is 0. The zero-order chi connectivity index (χ0) is 14.9. The predicted octanol–water partition coefficient (Wildman–Crippen LogP) is 1.73. The maximum Gasteiger partial charge on any atom is 0.451 e. The summed E-state index contributed by atoms with van der Waals surface area (Å²) in [6, 6.07) is 1.09. The van der Waals surface area contributed by atoms with E-state index in [0.717, 1.165) is 0 Å². The summed E-state index contributed by atoms with van der Waals surface area (Å²) >= 11 is 5.63. The van der Waals surface area contributed by atoms with Gasteiger partial charge in [0.1, 0.15) is 11.0 Å². The molecule has 20 heavy (non-hydrogen) atoms. The molecule has 0 bridgehead atoms. The molecule has 0 radical (unpaired) electrons. The first kappa shape index (κ1) is 15.3. The summed E-state index contributed by atoms with van der Waals surface area (Å²) in [5.41, 5.74) is 0. The molecular formula is C11H13ClF3N3O2. The molecule has 0 aliphatic carbocycles. The topological polar surface area (TPSA) is 58.5 Å². The Bertz CT molecular complexity index is 486. The van der Waals surface area contributed by atoms with Crippen molar-refractivity contribution in [3.63, 3.8) is 0 Å². The standard InChI is InChI=1S/C11H13ClF3N3O2/c1-6-5-20-7(4-19)3-18(6)9-2-8(12)16-10(17-9)11(13,14)15/h2,6-7,19H,3-5H2,1H3. The van der Waals surface area contributed by atoms with Crippen LogP contribution in [0.4, 0.5) is 19.0 Å². The number of anilines is 1. The van der Waals surface area contributed by atoms with Gasteiger partial charge in [-0.1, -0.05) is 11.6 Å². The molecular weight excluding hydrogens is 299 g/mol. The predicted molar refractivity (Wildman–Crippen MR) is 65.7 cm³/mol. The number of aliphatic hydroxyl groups excluding tert-OH is 1. The second-order valence-electron chi connectivity index (χ2n) is 4.51. The molecule has 0 aromatic carbocycles. The third-order valence-corrected chi connectivity index (χ3v) is 3.13. The highest BCUT2D eigenvalue weighted by molar-refractivity contribution is 6.29. The van der Waals surface area contributed by atoms with Crippen LogP contribution in [-0.2, 0) is 10.9 Å². The summed E-state index contributed by atoms with van der Waals surface area (Å²) in [6.07, 6.45) is -5.12. The summed E-state index contributed by atoms with van der Waals surface area (Å²) in [4.78, 5) is 8.32. The van der Waals surface area contributed by atoms with Crippen molar-refractivity contribution >= 4 is 17.4 Å². The van der Waals surface area contributed by atoms with Gasteiger partial charge in [-0.25, -0.2) is 9.97 Å². The molecule has 2 rings (SSSR count). The fraction of sp³-hybridized carbons (Fsp3) is 0.636. The Morgan fingerprint density at radius 3 is 2.80 bits per heavy atom. The Labute approximate surface area is 118 Å². The minimum absolute atomic E-state index is 0.0755. The number of morpholine rings is 1. The molecule has 2 atom stereocenters. The first-order valence-electron chi connectivity index (χ1n) is 5.92. The number of alkyl halides is 3. The van der Waals surface area contributed by atoms with E-state index in [-0.39, 0.29) is 36.8 Å². The van der Waals surface area contributed by atoms with Crippen LogP contribution < -0.4 is 4.90 Å². The lowest BCUT2D eigenvalue weighted by Gasteiger charge is -2.38. The molecule has 1 saturated heterocycles. The van der Waals surface area contributed by atoms with Gasteiger partial charge in [-0.3, -0.25) is 0 Å². The molecule has 9 heteroatoms. The van der Waals surface area contributed by atoms with Crippen LogP contribution in [0.3, 0.4) is 0 Å². The van der Waals surface area contributed by atoms with Gasteiger partial charge >= 0.3 is 6.18 Å². The number of ether oxygens (including phenoxy) is 1. The van der Waals surface area contributed by atoms with E-state index in [1.165, 1.54) is 6.07 Å². The lowest BCUT2D eigenvalue weighted by atomic mass is 10.2. The van der Waals surface area contributed by atoms with Crippen molar-refractivity contribution in [3.8, 4) is 0 Å². The molecule has 1 N–H and O–H groups in total. The molecule has 5 nitrogen and oxygen atoms in total. The van der Waals surface area contributed by atoms with Crippen LogP contribution in [0.2, 0.25) is 5.15 Å². The van der Waals surface area contributed by atoms with Crippen molar-refractivity contribution in [1.82, 2.24) is 9.97 Å². The molecule has 0 amide bonds. The highest BCUT2D eigenvalue weighted by atomic mass is 35.5. The first-order valence-corrected chi connectivity index (χ1v) is 6.30. The van der Waals surface area contributed by atoms with Gasteiger partial charge in [0.05, 0.1) is 25.4 Å². The minimum Gasteiger partial charge on any atom is -0.394 e. The third-order valence-electron chi connectivity index (χ3n) is 2.94. The Kier molecular flexibility index (Phi) is 4.36. The normalized spacial score (nSPS) is 24.0. The zero-order valence-corrected chi connectivity index (χ0v) is 11.3. The summed E-state index contributed by atoms with van der Waals surface area (Å²) in [5, 5.41) is 8.81. The number of nitrogens with zero attached hydrogens (tertiary/aromatic N) is 3.